The van der Waals surface area contributed by atoms with Crippen LogP contribution in [0.25, 0.3) is 10.8 Å². The van der Waals surface area contributed by atoms with E-state index in [0.29, 0.717) is 0 Å². The van der Waals surface area contributed by atoms with Crippen molar-refractivity contribution in [1.29, 1.82) is 0 Å². The number of rotatable bonds is 1. The van der Waals surface area contributed by atoms with Crippen LogP contribution in [0.3, 0.4) is 0 Å². The van der Waals surface area contributed by atoms with Crippen molar-refractivity contribution >= 4 is 38.7 Å². The second kappa shape index (κ2) is 5.53. The number of hydrogen-bond donors (Lipinski definition) is 0. The van der Waals surface area contributed by atoms with Crippen molar-refractivity contribution in [2.75, 3.05) is 12.3 Å². The summed E-state index contributed by atoms with van der Waals surface area (Å²) in [4.78, 5) is 8.88. The monoisotopic (exact) mass is 264 g/mol. The van der Waals surface area contributed by atoms with E-state index in [0.717, 1.165) is 21.7 Å². The highest BCUT2D eigenvalue weighted by Crippen LogP contribution is 2.32. The minimum atomic E-state index is 0. The number of hydrogen-bond acceptors (Lipinski definition) is 4. The number of thioether (sulfide) groups is 2. The molecule has 17 heavy (non-hydrogen) atoms. The molecule has 1 aliphatic rings. The zero-order valence-electron chi connectivity index (χ0n) is 9.09. The van der Waals surface area contributed by atoms with Crippen molar-refractivity contribution in [3.05, 3.63) is 36.5 Å². The summed E-state index contributed by atoms with van der Waals surface area (Å²) in [5, 5.41) is 3.51. The van der Waals surface area contributed by atoms with Gasteiger partial charge in [-0.1, -0.05) is 36.0 Å². The topological polar surface area (TPSA) is 56.8 Å². The minimum Gasteiger partial charge on any atom is -0.412 e. The summed E-state index contributed by atoms with van der Waals surface area (Å²) in [7, 11) is 0. The number of benzene rings is 1. The first-order valence-corrected chi connectivity index (χ1v) is 6.92. The molecule has 2 aromatic rings. The number of nitrogens with zero attached hydrogens (tertiary/aromatic N) is 2. The largest absolute Gasteiger partial charge is 0.412 e. The third-order valence-corrected chi connectivity index (χ3v) is 4.57. The first-order valence-electron chi connectivity index (χ1n) is 5.12. The Bertz CT molecular complexity index is 552. The van der Waals surface area contributed by atoms with E-state index in [4.69, 9.17) is 0 Å². The van der Waals surface area contributed by atoms with E-state index in [-0.39, 0.29) is 5.48 Å². The molecule has 0 amide bonds. The summed E-state index contributed by atoms with van der Waals surface area (Å²) >= 11 is 3.50. The zero-order valence-corrected chi connectivity index (χ0v) is 10.7. The van der Waals surface area contributed by atoms with Crippen molar-refractivity contribution in [3.8, 4) is 0 Å². The van der Waals surface area contributed by atoms with E-state index in [2.05, 4.69) is 34.2 Å². The molecule has 1 aliphatic heterocycles. The quantitative estimate of drug-likeness (QED) is 0.795. The van der Waals surface area contributed by atoms with Crippen molar-refractivity contribution in [2.45, 2.75) is 5.03 Å². The third kappa shape index (κ3) is 2.62. The highest BCUT2D eigenvalue weighted by atomic mass is 32.2. The van der Waals surface area contributed by atoms with Gasteiger partial charge in [0.25, 0.3) is 0 Å². The lowest BCUT2D eigenvalue weighted by Gasteiger charge is -2.03. The van der Waals surface area contributed by atoms with E-state index >= 15 is 0 Å². The van der Waals surface area contributed by atoms with Gasteiger partial charge in [0.1, 0.15) is 9.40 Å². The molecule has 2 heterocycles. The summed E-state index contributed by atoms with van der Waals surface area (Å²) in [6.45, 7) is 0.942. The Balaban J connectivity index is 0.00000108. The average Bonchev–Trinajstić information content (AvgIpc) is 2.82. The maximum atomic E-state index is 4.44. The summed E-state index contributed by atoms with van der Waals surface area (Å²) in [6, 6.07) is 10.4. The molecule has 1 aromatic carbocycles. The molecule has 3 nitrogen and oxygen atoms in total. The lowest BCUT2D eigenvalue weighted by Crippen LogP contribution is -1.86. The summed E-state index contributed by atoms with van der Waals surface area (Å²) in [5.74, 6) is 1.10. The maximum absolute atomic E-state index is 4.44. The van der Waals surface area contributed by atoms with Gasteiger partial charge in [0, 0.05) is 17.3 Å². The molecule has 5 heteroatoms. The van der Waals surface area contributed by atoms with Crippen molar-refractivity contribution in [2.24, 2.45) is 4.99 Å². The highest BCUT2D eigenvalue weighted by molar-refractivity contribution is 8.39. The summed E-state index contributed by atoms with van der Waals surface area (Å²) in [5.41, 5.74) is 0. The van der Waals surface area contributed by atoms with Gasteiger partial charge in [0.2, 0.25) is 0 Å². The van der Waals surface area contributed by atoms with E-state index in [9.17, 15) is 0 Å². The Morgan fingerprint density at radius 2 is 2.06 bits per heavy atom. The standard InChI is InChI=1S/C12H10N2S2.H2O/c1-2-4-10-9(3-1)5-6-13-11(10)16-12-14-7-8-15-12;/h1-6H,7-8H2;1H2. The molecule has 0 fully saturated rings. The minimum absolute atomic E-state index is 0. The first-order chi connectivity index (χ1) is 7.93. The molecule has 0 spiro atoms. The van der Waals surface area contributed by atoms with Gasteiger partial charge in [-0.15, -0.1) is 0 Å². The van der Waals surface area contributed by atoms with Gasteiger partial charge in [0.15, 0.2) is 0 Å². The smallest absolute Gasteiger partial charge is 0.131 e. The molecule has 0 saturated heterocycles. The fraction of sp³-hybridized carbons (Fsp3) is 0.167. The second-order valence-corrected chi connectivity index (χ2v) is 5.75. The molecular formula is C12H12N2OS2. The van der Waals surface area contributed by atoms with E-state index in [1.54, 1.807) is 11.8 Å². The van der Waals surface area contributed by atoms with Crippen LogP contribution in [0.5, 0.6) is 0 Å². The fourth-order valence-electron chi connectivity index (χ4n) is 1.63. The fourth-order valence-corrected chi connectivity index (χ4v) is 3.63. The van der Waals surface area contributed by atoms with Gasteiger partial charge in [-0.3, -0.25) is 4.99 Å². The molecule has 0 saturated carbocycles. The first kappa shape index (κ1) is 12.4. The maximum Gasteiger partial charge on any atom is 0.131 e. The normalized spacial score (nSPS) is 14.5. The van der Waals surface area contributed by atoms with Crippen molar-refractivity contribution in [1.82, 2.24) is 4.98 Å². The SMILES string of the molecule is O.c1ccc2c(SC3=NCCS3)nccc2c1. The molecule has 0 aliphatic carbocycles. The van der Waals surface area contributed by atoms with Crippen LogP contribution >= 0.6 is 23.5 Å². The lowest BCUT2D eigenvalue weighted by atomic mass is 10.2. The molecule has 0 atom stereocenters. The molecule has 3 rings (SSSR count). The average molecular weight is 264 g/mol. The van der Waals surface area contributed by atoms with Gasteiger partial charge in [-0.25, -0.2) is 4.98 Å². The van der Waals surface area contributed by atoms with Crippen LogP contribution < -0.4 is 0 Å². The Labute approximate surface area is 108 Å². The predicted molar refractivity (Wildman–Crippen MR) is 76.0 cm³/mol. The van der Waals surface area contributed by atoms with E-state index < -0.39 is 0 Å². The predicted octanol–water partition coefficient (Wildman–Crippen LogP) is 2.61. The molecule has 0 radical (unpaired) electrons. The lowest BCUT2D eigenvalue weighted by molar-refractivity contribution is 0.824. The van der Waals surface area contributed by atoms with Crippen LogP contribution in [-0.2, 0) is 0 Å². The van der Waals surface area contributed by atoms with Gasteiger partial charge in [0.05, 0.1) is 6.54 Å². The zero-order chi connectivity index (χ0) is 10.8. The van der Waals surface area contributed by atoms with E-state index in [1.807, 2.05) is 24.0 Å². The Morgan fingerprint density at radius 3 is 2.88 bits per heavy atom. The van der Waals surface area contributed by atoms with Gasteiger partial charge >= 0.3 is 0 Å². The molecule has 2 N–H and O–H groups in total. The van der Waals surface area contributed by atoms with Crippen LogP contribution in [0.2, 0.25) is 0 Å². The Morgan fingerprint density at radius 1 is 1.18 bits per heavy atom. The van der Waals surface area contributed by atoms with Gasteiger partial charge < -0.3 is 5.48 Å². The van der Waals surface area contributed by atoms with E-state index in [1.165, 1.54) is 10.8 Å². The summed E-state index contributed by atoms with van der Waals surface area (Å²) in [6.07, 6.45) is 1.87. The molecule has 88 valence electrons. The second-order valence-electron chi connectivity index (χ2n) is 3.44. The molecule has 0 unspecified atom stereocenters. The third-order valence-electron chi connectivity index (χ3n) is 2.38. The van der Waals surface area contributed by atoms with Gasteiger partial charge in [-0.05, 0) is 23.2 Å². The Kier molecular flexibility index (Phi) is 4.04. The van der Waals surface area contributed by atoms with Crippen LogP contribution in [0, 0.1) is 0 Å². The molecule has 1 aromatic heterocycles. The van der Waals surface area contributed by atoms with Crippen LogP contribution in [-0.4, -0.2) is 27.1 Å². The highest BCUT2D eigenvalue weighted by Gasteiger charge is 2.11. The van der Waals surface area contributed by atoms with Crippen molar-refractivity contribution < 1.29 is 5.48 Å². The Hall–Kier alpha value is -1.04. The molecule has 0 bridgehead atoms. The van der Waals surface area contributed by atoms with Crippen LogP contribution in [0.15, 0.2) is 46.5 Å². The van der Waals surface area contributed by atoms with Crippen LogP contribution in [0.1, 0.15) is 0 Å². The summed E-state index contributed by atoms with van der Waals surface area (Å²) < 4.78 is 1.14. The number of pyridine rings is 1. The van der Waals surface area contributed by atoms with Gasteiger partial charge in [-0.2, -0.15) is 0 Å². The van der Waals surface area contributed by atoms with Crippen molar-refractivity contribution in [3.63, 3.8) is 0 Å². The number of fused-ring (bicyclic) bond motifs is 1. The number of aromatic nitrogens is 1. The van der Waals surface area contributed by atoms with Crippen LogP contribution in [0.4, 0.5) is 0 Å². The number of aliphatic imine (C=N–C) groups is 1. The molecular weight excluding hydrogens is 252 g/mol.